The van der Waals surface area contributed by atoms with E-state index in [2.05, 4.69) is 36.2 Å². The van der Waals surface area contributed by atoms with Gasteiger partial charge < -0.3 is 10.2 Å². The number of rotatable bonds is 1. The van der Waals surface area contributed by atoms with Crippen molar-refractivity contribution >= 4 is 17.3 Å². The van der Waals surface area contributed by atoms with Crippen molar-refractivity contribution in [2.75, 3.05) is 18.0 Å². The third-order valence-corrected chi connectivity index (χ3v) is 3.51. The molecule has 1 aliphatic rings. The fourth-order valence-electron chi connectivity index (χ4n) is 2.15. The van der Waals surface area contributed by atoms with E-state index < -0.39 is 0 Å². The van der Waals surface area contributed by atoms with Gasteiger partial charge in [0.1, 0.15) is 0 Å². The average Bonchev–Trinajstić information content (AvgIpc) is 2.44. The fraction of sp³-hybridized carbons (Fsp3) is 0.538. The van der Waals surface area contributed by atoms with E-state index in [9.17, 15) is 0 Å². The Morgan fingerprint density at radius 1 is 1.25 bits per heavy atom. The molecule has 3 heteroatoms. The predicted octanol–water partition coefficient (Wildman–Crippen LogP) is 2.92. The number of nitrogens with one attached hydrogen (secondary N) is 1. The molecule has 0 radical (unpaired) electrons. The number of hydrogen-bond acceptors (Lipinski definition) is 2. The summed E-state index contributed by atoms with van der Waals surface area (Å²) in [5.74, 6) is 0. The van der Waals surface area contributed by atoms with Crippen LogP contribution in [0.2, 0.25) is 5.02 Å². The maximum atomic E-state index is 5.91. The summed E-state index contributed by atoms with van der Waals surface area (Å²) in [6, 6.07) is 9.28. The molecule has 0 aromatic heterocycles. The van der Waals surface area contributed by atoms with Crippen molar-refractivity contribution < 1.29 is 0 Å². The monoisotopic (exact) mass is 238 g/mol. The van der Waals surface area contributed by atoms with Gasteiger partial charge in [0, 0.05) is 35.9 Å². The van der Waals surface area contributed by atoms with Crippen LogP contribution >= 0.6 is 11.6 Å². The standard InChI is InChI=1S/C13H19ClN2/c1-10-7-8-16(11(2)9-15-10)13-5-3-12(14)4-6-13/h3-6,10-11,15H,7-9H2,1-2H3. The van der Waals surface area contributed by atoms with E-state index in [1.54, 1.807) is 0 Å². The molecule has 0 spiro atoms. The Balaban J connectivity index is 2.15. The van der Waals surface area contributed by atoms with Gasteiger partial charge in [0.2, 0.25) is 0 Å². The minimum atomic E-state index is 0.533. The molecule has 1 aliphatic heterocycles. The molecule has 1 heterocycles. The zero-order valence-electron chi connectivity index (χ0n) is 9.91. The Hall–Kier alpha value is -0.730. The summed E-state index contributed by atoms with van der Waals surface area (Å²) in [5.41, 5.74) is 1.27. The largest absolute Gasteiger partial charge is 0.367 e. The first-order valence-corrected chi connectivity index (χ1v) is 6.30. The number of nitrogens with zero attached hydrogens (tertiary/aromatic N) is 1. The SMILES string of the molecule is CC1CCN(c2ccc(Cl)cc2)C(C)CN1. The Morgan fingerprint density at radius 3 is 2.62 bits per heavy atom. The summed E-state index contributed by atoms with van der Waals surface area (Å²) in [6.07, 6.45) is 1.19. The van der Waals surface area contributed by atoms with E-state index >= 15 is 0 Å². The van der Waals surface area contributed by atoms with Crippen molar-refractivity contribution in [3.63, 3.8) is 0 Å². The molecule has 0 amide bonds. The summed E-state index contributed by atoms with van der Waals surface area (Å²) in [7, 11) is 0. The molecule has 16 heavy (non-hydrogen) atoms. The van der Waals surface area contributed by atoms with Gasteiger partial charge in [-0.25, -0.2) is 0 Å². The Morgan fingerprint density at radius 2 is 1.94 bits per heavy atom. The second-order valence-electron chi connectivity index (χ2n) is 4.62. The molecular formula is C13H19ClN2. The van der Waals surface area contributed by atoms with Gasteiger partial charge in [-0.3, -0.25) is 0 Å². The molecule has 0 bridgehead atoms. The van der Waals surface area contributed by atoms with Crippen molar-refractivity contribution in [1.29, 1.82) is 0 Å². The summed E-state index contributed by atoms with van der Waals surface area (Å²) >= 11 is 5.91. The van der Waals surface area contributed by atoms with Gasteiger partial charge in [0.25, 0.3) is 0 Å². The molecule has 2 atom stereocenters. The number of hydrogen-bond donors (Lipinski definition) is 1. The lowest BCUT2D eigenvalue weighted by Gasteiger charge is -2.29. The van der Waals surface area contributed by atoms with Gasteiger partial charge >= 0.3 is 0 Å². The van der Waals surface area contributed by atoms with Gasteiger partial charge in [-0.15, -0.1) is 0 Å². The molecule has 0 aliphatic carbocycles. The molecule has 1 aromatic carbocycles. The van der Waals surface area contributed by atoms with Crippen LogP contribution in [-0.2, 0) is 0 Å². The second kappa shape index (κ2) is 5.07. The number of benzene rings is 1. The summed E-state index contributed by atoms with van der Waals surface area (Å²) < 4.78 is 0. The van der Waals surface area contributed by atoms with Gasteiger partial charge in [0.05, 0.1) is 0 Å². The highest BCUT2D eigenvalue weighted by Crippen LogP contribution is 2.21. The maximum absolute atomic E-state index is 5.91. The first-order valence-electron chi connectivity index (χ1n) is 5.92. The molecule has 1 N–H and O–H groups in total. The van der Waals surface area contributed by atoms with E-state index in [4.69, 9.17) is 11.6 Å². The number of halogens is 1. The zero-order valence-corrected chi connectivity index (χ0v) is 10.7. The van der Waals surface area contributed by atoms with Crippen molar-refractivity contribution in [1.82, 2.24) is 5.32 Å². The molecule has 1 fully saturated rings. The highest BCUT2D eigenvalue weighted by Gasteiger charge is 2.19. The average molecular weight is 239 g/mol. The lowest BCUT2D eigenvalue weighted by atomic mass is 10.2. The summed E-state index contributed by atoms with van der Waals surface area (Å²) in [5, 5.41) is 4.34. The third kappa shape index (κ3) is 2.69. The van der Waals surface area contributed by atoms with Crippen LogP contribution in [0.1, 0.15) is 20.3 Å². The predicted molar refractivity (Wildman–Crippen MR) is 70.3 cm³/mol. The Kier molecular flexibility index (Phi) is 3.72. The highest BCUT2D eigenvalue weighted by atomic mass is 35.5. The van der Waals surface area contributed by atoms with Crippen LogP contribution in [0, 0.1) is 0 Å². The Bertz CT molecular complexity index is 336. The molecule has 1 saturated heterocycles. The molecule has 88 valence electrons. The van der Waals surface area contributed by atoms with Crippen LogP contribution in [0.15, 0.2) is 24.3 Å². The highest BCUT2D eigenvalue weighted by molar-refractivity contribution is 6.30. The summed E-state index contributed by atoms with van der Waals surface area (Å²) in [4.78, 5) is 2.45. The van der Waals surface area contributed by atoms with E-state index in [-0.39, 0.29) is 0 Å². The van der Waals surface area contributed by atoms with Crippen LogP contribution in [0.25, 0.3) is 0 Å². The van der Waals surface area contributed by atoms with E-state index in [0.717, 1.165) is 18.1 Å². The minimum absolute atomic E-state index is 0.533. The number of anilines is 1. The normalized spacial score (nSPS) is 26.6. The first kappa shape index (κ1) is 11.7. The third-order valence-electron chi connectivity index (χ3n) is 3.26. The molecule has 0 saturated carbocycles. The van der Waals surface area contributed by atoms with Crippen molar-refractivity contribution in [3.8, 4) is 0 Å². The van der Waals surface area contributed by atoms with Crippen molar-refractivity contribution in [3.05, 3.63) is 29.3 Å². The van der Waals surface area contributed by atoms with Crippen molar-refractivity contribution in [2.24, 2.45) is 0 Å². The lowest BCUT2D eigenvalue weighted by Crippen LogP contribution is -2.37. The smallest absolute Gasteiger partial charge is 0.0407 e. The van der Waals surface area contributed by atoms with Crippen LogP contribution in [-0.4, -0.2) is 25.2 Å². The van der Waals surface area contributed by atoms with Gasteiger partial charge in [-0.1, -0.05) is 11.6 Å². The quantitative estimate of drug-likeness (QED) is 0.810. The minimum Gasteiger partial charge on any atom is -0.367 e. The van der Waals surface area contributed by atoms with Gasteiger partial charge in [0.15, 0.2) is 0 Å². The first-order chi connectivity index (χ1) is 7.66. The lowest BCUT2D eigenvalue weighted by molar-refractivity contribution is 0.548. The zero-order chi connectivity index (χ0) is 11.5. The van der Waals surface area contributed by atoms with E-state index in [0.29, 0.717) is 12.1 Å². The molecule has 2 nitrogen and oxygen atoms in total. The molecule has 2 unspecified atom stereocenters. The van der Waals surface area contributed by atoms with E-state index in [1.165, 1.54) is 12.1 Å². The van der Waals surface area contributed by atoms with Gasteiger partial charge in [-0.05, 0) is 44.5 Å². The second-order valence-corrected chi connectivity index (χ2v) is 5.05. The van der Waals surface area contributed by atoms with Crippen LogP contribution < -0.4 is 10.2 Å². The summed E-state index contributed by atoms with van der Waals surface area (Å²) in [6.45, 7) is 6.67. The molecular weight excluding hydrogens is 220 g/mol. The van der Waals surface area contributed by atoms with Crippen LogP contribution in [0.5, 0.6) is 0 Å². The van der Waals surface area contributed by atoms with E-state index in [1.807, 2.05) is 12.1 Å². The Labute approximate surface area is 103 Å². The van der Waals surface area contributed by atoms with Crippen LogP contribution in [0.3, 0.4) is 0 Å². The maximum Gasteiger partial charge on any atom is 0.0407 e. The topological polar surface area (TPSA) is 15.3 Å². The fourth-order valence-corrected chi connectivity index (χ4v) is 2.28. The van der Waals surface area contributed by atoms with Crippen molar-refractivity contribution in [2.45, 2.75) is 32.4 Å². The van der Waals surface area contributed by atoms with Gasteiger partial charge in [-0.2, -0.15) is 0 Å². The van der Waals surface area contributed by atoms with Crippen LogP contribution in [0.4, 0.5) is 5.69 Å². The molecule has 1 aromatic rings. The molecule has 2 rings (SSSR count).